The van der Waals surface area contributed by atoms with Crippen molar-refractivity contribution in [1.82, 2.24) is 14.8 Å². The molecule has 0 fully saturated rings. The fourth-order valence-electron chi connectivity index (χ4n) is 4.34. The first-order valence-electron chi connectivity index (χ1n) is 12.4. The number of amides is 1. The lowest BCUT2D eigenvalue weighted by Crippen LogP contribution is -2.34. The first kappa shape index (κ1) is 28.8. The molecule has 3 aromatic rings. The number of aromatic nitrogens is 3. The number of aromatic hydroxyl groups is 1. The molecule has 1 amide bonds. The van der Waals surface area contributed by atoms with Gasteiger partial charge in [-0.1, -0.05) is 78.3 Å². The van der Waals surface area contributed by atoms with Gasteiger partial charge in [-0.15, -0.1) is 10.2 Å². The van der Waals surface area contributed by atoms with Crippen LogP contribution in [-0.2, 0) is 11.3 Å². The third kappa shape index (κ3) is 7.03. The molecule has 0 saturated heterocycles. The first-order valence-corrected chi connectivity index (χ1v) is 12.4. The van der Waals surface area contributed by atoms with Gasteiger partial charge in [-0.05, 0) is 43.9 Å². The predicted molar refractivity (Wildman–Crippen MR) is 147 cm³/mol. The molecule has 4 rings (SSSR count). The Labute approximate surface area is 215 Å². The molecule has 0 atom stereocenters. The van der Waals surface area contributed by atoms with Crippen LogP contribution >= 0.6 is 0 Å². The van der Waals surface area contributed by atoms with Gasteiger partial charge in [0.2, 0.25) is 5.91 Å². The number of fused-ring (bicyclic) bond motifs is 3. The van der Waals surface area contributed by atoms with Gasteiger partial charge >= 0.3 is 0 Å². The van der Waals surface area contributed by atoms with Crippen LogP contribution in [0.2, 0.25) is 0 Å². The van der Waals surface area contributed by atoms with Crippen molar-refractivity contribution >= 4 is 11.6 Å². The zero-order chi connectivity index (χ0) is 27.3. The topological polar surface area (TPSA) is 106 Å². The Hall–Kier alpha value is -3.48. The lowest BCUT2D eigenvalue weighted by molar-refractivity contribution is -0.127. The molecule has 7 nitrogen and oxygen atoms in total. The van der Waals surface area contributed by atoms with E-state index in [1.54, 1.807) is 12.1 Å². The van der Waals surface area contributed by atoms with Gasteiger partial charge in [0.25, 0.3) is 0 Å². The van der Waals surface area contributed by atoms with E-state index >= 15 is 0 Å². The van der Waals surface area contributed by atoms with Crippen molar-refractivity contribution < 1.29 is 9.90 Å². The van der Waals surface area contributed by atoms with E-state index < -0.39 is 0 Å². The van der Waals surface area contributed by atoms with E-state index in [0.29, 0.717) is 6.54 Å². The van der Waals surface area contributed by atoms with Crippen molar-refractivity contribution in [1.29, 1.82) is 0 Å². The van der Waals surface area contributed by atoms with Crippen molar-refractivity contribution in [2.45, 2.75) is 75.3 Å². The second-order valence-electron chi connectivity index (χ2n) is 10.7. The zero-order valence-corrected chi connectivity index (χ0v) is 23.2. The van der Waals surface area contributed by atoms with Gasteiger partial charge < -0.3 is 10.8 Å². The second-order valence-corrected chi connectivity index (χ2v) is 10.7. The van der Waals surface area contributed by atoms with Gasteiger partial charge in [-0.2, -0.15) is 0 Å². The number of carbonyl (C=O) groups excluding carboxylic acids is 1. The van der Waals surface area contributed by atoms with Crippen molar-refractivity contribution in [3.8, 4) is 11.4 Å². The molecule has 1 aromatic heterocycles. The standard InChI is InChI=1S/C18H16N4O.C9H19NO.C2H6/c1-11-3-5-13(6-4-11)18-15-9-14(23)7-8-16(15)22-12(2)20-21-17(22)10-19-18;1-8(2,3)6-9(4,5)7(10)11;1-2/h3-9,23H,10H2,1-2H3;6H2,1-5H3,(H2,10,11);1-2H3. The van der Waals surface area contributed by atoms with Crippen LogP contribution in [0.5, 0.6) is 5.75 Å². The van der Waals surface area contributed by atoms with Crippen LogP contribution in [0.25, 0.3) is 5.69 Å². The predicted octanol–water partition coefficient (Wildman–Crippen LogP) is 5.90. The number of hydrogen-bond donors (Lipinski definition) is 2. The molecular formula is C29H41N5O2. The summed E-state index contributed by atoms with van der Waals surface area (Å²) in [4.78, 5) is 15.7. The number of aliphatic imine (C=N–C) groups is 1. The number of rotatable bonds is 3. The van der Waals surface area contributed by atoms with Crippen LogP contribution in [0.4, 0.5) is 0 Å². The normalized spacial score (nSPS) is 12.5. The van der Waals surface area contributed by atoms with Crippen molar-refractivity contribution in [3.63, 3.8) is 0 Å². The molecule has 2 aromatic carbocycles. The third-order valence-electron chi connectivity index (χ3n) is 5.71. The fraction of sp³-hybridized carbons (Fsp3) is 0.448. The Morgan fingerprint density at radius 2 is 1.61 bits per heavy atom. The summed E-state index contributed by atoms with van der Waals surface area (Å²) in [7, 11) is 0. The number of nitrogens with zero attached hydrogens (tertiary/aromatic N) is 4. The number of phenolic OH excluding ortho intramolecular Hbond substituents is 1. The summed E-state index contributed by atoms with van der Waals surface area (Å²) >= 11 is 0. The molecule has 2 heterocycles. The number of hydrogen-bond acceptors (Lipinski definition) is 5. The van der Waals surface area contributed by atoms with Gasteiger partial charge in [0.1, 0.15) is 18.1 Å². The Kier molecular flexibility index (Phi) is 9.19. The Morgan fingerprint density at radius 1 is 1.00 bits per heavy atom. The van der Waals surface area contributed by atoms with Crippen LogP contribution in [0, 0.1) is 24.7 Å². The molecule has 1 aliphatic heterocycles. The SMILES string of the molecule is CC.CC(C)(C)CC(C)(C)C(N)=O.Cc1ccc(C2=NCc3nnc(C)n3-c3ccc(O)cc32)cc1. The number of benzene rings is 2. The quantitative estimate of drug-likeness (QED) is 0.475. The Bertz CT molecular complexity index is 1220. The van der Waals surface area contributed by atoms with Crippen molar-refractivity contribution in [2.24, 2.45) is 21.6 Å². The minimum Gasteiger partial charge on any atom is -0.508 e. The molecule has 0 aliphatic carbocycles. The van der Waals surface area contributed by atoms with E-state index in [2.05, 4.69) is 62.2 Å². The summed E-state index contributed by atoms with van der Waals surface area (Å²) in [5, 5.41) is 18.3. The maximum absolute atomic E-state index is 10.9. The lowest BCUT2D eigenvalue weighted by Gasteiger charge is -2.29. The second kappa shape index (κ2) is 11.5. The summed E-state index contributed by atoms with van der Waals surface area (Å²) in [5.41, 5.74) is 9.94. The van der Waals surface area contributed by atoms with E-state index in [1.165, 1.54) is 5.56 Å². The fourth-order valence-corrected chi connectivity index (χ4v) is 4.34. The van der Waals surface area contributed by atoms with Gasteiger partial charge in [-0.25, -0.2) is 0 Å². The first-order chi connectivity index (χ1) is 16.8. The van der Waals surface area contributed by atoms with Gasteiger partial charge in [0.05, 0.1) is 11.4 Å². The maximum Gasteiger partial charge on any atom is 0.223 e. The van der Waals surface area contributed by atoms with Crippen molar-refractivity contribution in [2.75, 3.05) is 0 Å². The minimum atomic E-state index is -0.377. The van der Waals surface area contributed by atoms with E-state index in [0.717, 1.165) is 40.6 Å². The molecule has 1 aliphatic rings. The number of carbonyl (C=O) groups is 1. The average molecular weight is 492 g/mol. The number of primary amides is 1. The van der Waals surface area contributed by atoms with E-state index in [4.69, 9.17) is 10.7 Å². The highest BCUT2D eigenvalue weighted by molar-refractivity contribution is 6.15. The maximum atomic E-state index is 10.9. The van der Waals surface area contributed by atoms with Crippen LogP contribution < -0.4 is 5.73 Å². The molecule has 0 saturated carbocycles. The molecule has 3 N–H and O–H groups in total. The van der Waals surface area contributed by atoms with E-state index in [1.807, 2.05) is 45.3 Å². The van der Waals surface area contributed by atoms with Gasteiger partial charge in [-0.3, -0.25) is 14.4 Å². The molecule has 194 valence electrons. The van der Waals surface area contributed by atoms with Crippen LogP contribution in [-0.4, -0.2) is 31.5 Å². The van der Waals surface area contributed by atoms with Crippen LogP contribution in [0.3, 0.4) is 0 Å². The van der Waals surface area contributed by atoms with Gasteiger partial charge in [0, 0.05) is 16.5 Å². The summed E-state index contributed by atoms with van der Waals surface area (Å²) in [6.07, 6.45) is 0.829. The van der Waals surface area contributed by atoms with Crippen LogP contribution in [0.1, 0.15) is 83.2 Å². The highest BCUT2D eigenvalue weighted by Crippen LogP contribution is 2.32. The Morgan fingerprint density at radius 3 is 2.14 bits per heavy atom. The number of nitrogens with two attached hydrogens (primary N) is 1. The summed E-state index contributed by atoms with van der Waals surface area (Å²) < 4.78 is 2.00. The summed E-state index contributed by atoms with van der Waals surface area (Å²) in [6.45, 7) is 18.5. The number of aryl methyl sites for hydroxylation is 2. The largest absolute Gasteiger partial charge is 0.508 e. The Balaban J connectivity index is 0.000000300. The lowest BCUT2D eigenvalue weighted by atomic mass is 9.76. The monoisotopic (exact) mass is 491 g/mol. The van der Waals surface area contributed by atoms with Crippen LogP contribution in [0.15, 0.2) is 47.5 Å². The van der Waals surface area contributed by atoms with E-state index in [-0.39, 0.29) is 22.5 Å². The molecule has 0 radical (unpaired) electrons. The minimum absolute atomic E-state index is 0.165. The highest BCUT2D eigenvalue weighted by atomic mass is 16.3. The molecule has 0 unspecified atom stereocenters. The average Bonchev–Trinajstić information content (AvgIpc) is 3.07. The molecule has 0 spiro atoms. The van der Waals surface area contributed by atoms with Gasteiger partial charge in [0.15, 0.2) is 5.82 Å². The van der Waals surface area contributed by atoms with Crippen molar-refractivity contribution in [3.05, 3.63) is 70.8 Å². The van der Waals surface area contributed by atoms with E-state index in [9.17, 15) is 9.90 Å². The zero-order valence-electron chi connectivity index (χ0n) is 23.2. The molecule has 0 bridgehead atoms. The number of phenols is 1. The highest BCUT2D eigenvalue weighted by Gasteiger charge is 2.30. The molecule has 7 heteroatoms. The third-order valence-corrected chi connectivity index (χ3v) is 5.71. The summed E-state index contributed by atoms with van der Waals surface area (Å²) in [5.74, 6) is 1.62. The summed E-state index contributed by atoms with van der Waals surface area (Å²) in [6, 6.07) is 13.6. The smallest absolute Gasteiger partial charge is 0.223 e. The molecular weight excluding hydrogens is 450 g/mol. The molecule has 36 heavy (non-hydrogen) atoms.